The zero-order chi connectivity index (χ0) is 24.9. The van der Waals surface area contributed by atoms with E-state index in [2.05, 4.69) is 15.4 Å². The monoisotopic (exact) mass is 474 g/mol. The minimum atomic E-state index is -1.79. The van der Waals surface area contributed by atoms with Gasteiger partial charge >= 0.3 is 5.97 Å². The molecule has 1 aliphatic rings. The molecule has 0 radical (unpaired) electrons. The number of nitriles is 1. The third-order valence-corrected chi connectivity index (χ3v) is 6.08. The van der Waals surface area contributed by atoms with Gasteiger partial charge in [0.25, 0.3) is 0 Å². The first-order valence-corrected chi connectivity index (χ1v) is 11.1. The lowest BCUT2D eigenvalue weighted by atomic mass is 9.80. The molecule has 34 heavy (non-hydrogen) atoms. The summed E-state index contributed by atoms with van der Waals surface area (Å²) in [5.41, 5.74) is 6.21. The third-order valence-electron chi connectivity index (χ3n) is 6.08. The second-order valence-electron chi connectivity index (χ2n) is 8.78. The van der Waals surface area contributed by atoms with Gasteiger partial charge in [-0.05, 0) is 25.0 Å². The highest BCUT2D eigenvalue weighted by atomic mass is 16.5. The summed E-state index contributed by atoms with van der Waals surface area (Å²) in [6.45, 7) is 0.756. The smallest absolute Gasteiger partial charge is 0.307 e. The minimum absolute atomic E-state index is 0.00563. The number of hydrogen-bond acceptors (Lipinski definition) is 10. The van der Waals surface area contributed by atoms with Crippen molar-refractivity contribution in [1.82, 2.24) is 14.6 Å². The van der Waals surface area contributed by atoms with Crippen LogP contribution in [-0.2, 0) is 14.3 Å². The molecule has 12 heteroatoms. The molecule has 2 heterocycles. The third kappa shape index (κ3) is 5.87. The van der Waals surface area contributed by atoms with Crippen molar-refractivity contribution in [2.24, 2.45) is 5.73 Å². The zero-order valence-electron chi connectivity index (χ0n) is 18.9. The van der Waals surface area contributed by atoms with Gasteiger partial charge < -0.3 is 31.1 Å². The number of nitrogens with zero attached hydrogens (tertiary/aromatic N) is 4. The molecule has 1 amide bonds. The van der Waals surface area contributed by atoms with Crippen LogP contribution >= 0.6 is 0 Å². The topological polar surface area (TPSA) is 196 Å². The summed E-state index contributed by atoms with van der Waals surface area (Å²) in [6, 6.07) is 4.95. The summed E-state index contributed by atoms with van der Waals surface area (Å²) in [5, 5.41) is 47.7. The number of carbonyl (C=O) groups excluding carboxylic acids is 2. The van der Waals surface area contributed by atoms with Gasteiger partial charge in [0.1, 0.15) is 42.7 Å². The maximum absolute atomic E-state index is 12.2. The van der Waals surface area contributed by atoms with E-state index >= 15 is 0 Å². The molecule has 0 bridgehead atoms. The highest BCUT2D eigenvalue weighted by molar-refractivity contribution is 5.91. The summed E-state index contributed by atoms with van der Waals surface area (Å²) < 4.78 is 6.39. The molecule has 2 aromatic heterocycles. The first kappa shape index (κ1) is 25.5. The fourth-order valence-corrected chi connectivity index (χ4v) is 4.24. The lowest BCUT2D eigenvalue weighted by molar-refractivity contribution is -0.153. The quantitative estimate of drug-likeness (QED) is 0.308. The van der Waals surface area contributed by atoms with Gasteiger partial charge in [0, 0.05) is 12.5 Å². The number of aliphatic hydroxyl groups is 3. The number of fused-ring (bicyclic) bond motifs is 1. The molecule has 2 aromatic rings. The fourth-order valence-electron chi connectivity index (χ4n) is 4.24. The van der Waals surface area contributed by atoms with E-state index in [-0.39, 0.29) is 23.8 Å². The highest BCUT2D eigenvalue weighted by Crippen LogP contribution is 2.29. The van der Waals surface area contributed by atoms with Crippen LogP contribution in [0.1, 0.15) is 57.1 Å². The number of rotatable bonds is 9. The number of hydrogen-bond donors (Lipinski definition) is 5. The average Bonchev–Trinajstić information content (AvgIpc) is 3.22. The van der Waals surface area contributed by atoms with Gasteiger partial charge in [0.05, 0.1) is 18.2 Å². The van der Waals surface area contributed by atoms with Crippen molar-refractivity contribution in [3.8, 4) is 6.07 Å². The number of anilines is 1. The Balaban J connectivity index is 1.65. The minimum Gasteiger partial charge on any atom is -0.463 e. The molecule has 1 saturated carbocycles. The SMILES string of the molecule is CC(=O)Nc1ncnn2c(C(C#N)[C@H](O)[C@H](O)[C@H](O)COC(=O)CC3(N)CCCCC3)ccc12. The van der Waals surface area contributed by atoms with Crippen LogP contribution in [0.3, 0.4) is 0 Å². The summed E-state index contributed by atoms with van der Waals surface area (Å²) in [4.78, 5) is 27.6. The van der Waals surface area contributed by atoms with E-state index in [0.29, 0.717) is 18.4 Å². The second kappa shape index (κ2) is 10.9. The van der Waals surface area contributed by atoms with E-state index < -0.39 is 42.3 Å². The molecule has 4 atom stereocenters. The van der Waals surface area contributed by atoms with E-state index in [1.165, 1.54) is 23.8 Å². The van der Waals surface area contributed by atoms with Crippen LogP contribution in [0, 0.1) is 11.3 Å². The first-order chi connectivity index (χ1) is 16.1. The normalized spacial score (nSPS) is 18.9. The Kier molecular flexibility index (Phi) is 8.16. The first-order valence-electron chi connectivity index (χ1n) is 11.1. The number of ether oxygens (including phenoxy) is 1. The highest BCUT2D eigenvalue weighted by Gasteiger charge is 2.36. The van der Waals surface area contributed by atoms with Crippen LogP contribution in [0.25, 0.3) is 5.52 Å². The van der Waals surface area contributed by atoms with Crippen molar-refractivity contribution >= 4 is 23.2 Å². The van der Waals surface area contributed by atoms with E-state index in [1.807, 2.05) is 6.07 Å². The van der Waals surface area contributed by atoms with Gasteiger partial charge in [-0.25, -0.2) is 9.50 Å². The van der Waals surface area contributed by atoms with Gasteiger partial charge in [0.15, 0.2) is 5.82 Å². The molecular formula is C22H30N6O6. The number of aromatic nitrogens is 3. The van der Waals surface area contributed by atoms with E-state index in [1.54, 1.807) is 6.07 Å². The van der Waals surface area contributed by atoms with E-state index in [0.717, 1.165) is 19.3 Å². The molecule has 1 aliphatic carbocycles. The molecule has 0 aromatic carbocycles. The number of nitrogens with two attached hydrogens (primary N) is 1. The summed E-state index contributed by atoms with van der Waals surface area (Å²) in [5.74, 6) is -2.03. The molecule has 0 aliphatic heterocycles. The molecule has 184 valence electrons. The maximum atomic E-state index is 12.2. The van der Waals surface area contributed by atoms with Crippen LogP contribution in [-0.4, -0.2) is 72.3 Å². The largest absolute Gasteiger partial charge is 0.463 e. The van der Waals surface area contributed by atoms with E-state index in [4.69, 9.17) is 10.5 Å². The van der Waals surface area contributed by atoms with Crippen LogP contribution in [0.15, 0.2) is 18.5 Å². The predicted octanol–water partition coefficient (Wildman–Crippen LogP) is -0.0275. The van der Waals surface area contributed by atoms with Crippen LogP contribution < -0.4 is 11.1 Å². The number of nitrogens with one attached hydrogen (secondary N) is 1. The molecule has 6 N–H and O–H groups in total. The van der Waals surface area contributed by atoms with Crippen molar-refractivity contribution in [3.63, 3.8) is 0 Å². The van der Waals surface area contributed by atoms with Gasteiger partial charge in [-0.15, -0.1) is 0 Å². The standard InChI is InChI=1S/C22H30N6O6/c1-13(29)27-21-16-6-5-15(28(16)26-12-25-21)14(10-23)19(32)20(33)17(30)11-34-18(31)9-22(24)7-3-2-4-8-22/h5-6,12,14,17,19-20,30,32-33H,2-4,7-9,11,24H2,1H3,(H,25,26,27,29)/t14?,17-,19+,20-/m1/s1. The second-order valence-corrected chi connectivity index (χ2v) is 8.78. The Labute approximate surface area is 196 Å². The Morgan fingerprint density at radius 2 is 1.97 bits per heavy atom. The van der Waals surface area contributed by atoms with Crippen molar-refractivity contribution in [2.45, 2.75) is 75.2 Å². The average molecular weight is 475 g/mol. The Morgan fingerprint density at radius 3 is 2.62 bits per heavy atom. The van der Waals surface area contributed by atoms with Gasteiger partial charge in [0.2, 0.25) is 5.91 Å². The number of amides is 1. The molecule has 1 fully saturated rings. The van der Waals surface area contributed by atoms with Gasteiger partial charge in [-0.1, -0.05) is 19.3 Å². The van der Waals surface area contributed by atoms with Gasteiger partial charge in [-0.2, -0.15) is 10.4 Å². The van der Waals surface area contributed by atoms with Gasteiger partial charge in [-0.3, -0.25) is 9.59 Å². The van der Waals surface area contributed by atoms with Crippen LogP contribution in [0.4, 0.5) is 5.82 Å². The van der Waals surface area contributed by atoms with Crippen LogP contribution in [0.2, 0.25) is 0 Å². The van der Waals surface area contributed by atoms with Crippen molar-refractivity contribution in [2.75, 3.05) is 11.9 Å². The summed E-state index contributed by atoms with van der Waals surface area (Å²) in [6.07, 6.45) is 0.422. The zero-order valence-corrected chi connectivity index (χ0v) is 18.9. The lowest BCUT2D eigenvalue weighted by Crippen LogP contribution is -2.45. The molecule has 12 nitrogen and oxygen atoms in total. The lowest BCUT2D eigenvalue weighted by Gasteiger charge is -2.32. The van der Waals surface area contributed by atoms with Crippen molar-refractivity contribution in [3.05, 3.63) is 24.2 Å². The molecular weight excluding hydrogens is 444 g/mol. The van der Waals surface area contributed by atoms with Crippen molar-refractivity contribution < 1.29 is 29.6 Å². The molecule has 3 rings (SSSR count). The molecule has 0 spiro atoms. The predicted molar refractivity (Wildman–Crippen MR) is 119 cm³/mol. The number of aliphatic hydroxyl groups excluding tert-OH is 3. The maximum Gasteiger partial charge on any atom is 0.307 e. The Morgan fingerprint density at radius 1 is 1.26 bits per heavy atom. The molecule has 0 saturated heterocycles. The fraction of sp³-hybridized carbons (Fsp3) is 0.591. The van der Waals surface area contributed by atoms with E-state index in [9.17, 15) is 30.2 Å². The summed E-state index contributed by atoms with van der Waals surface area (Å²) >= 11 is 0. The number of carbonyl (C=O) groups is 2. The molecule has 1 unspecified atom stereocenters. The number of esters is 1. The Hall–Kier alpha value is -3.11. The Bertz CT molecular complexity index is 1060. The summed E-state index contributed by atoms with van der Waals surface area (Å²) in [7, 11) is 0. The van der Waals surface area contributed by atoms with Crippen molar-refractivity contribution in [1.29, 1.82) is 5.26 Å². The van der Waals surface area contributed by atoms with Crippen LogP contribution in [0.5, 0.6) is 0 Å².